The number of likely N-dealkylation sites (tertiary alicyclic amines) is 1. The number of nitrogens with zero attached hydrogens (tertiary/aromatic N) is 2. The number of hydrogen-bond acceptors (Lipinski definition) is 3. The molecule has 0 amide bonds. The molecule has 0 aromatic heterocycles. The highest BCUT2D eigenvalue weighted by Crippen LogP contribution is 2.37. The number of thioether (sulfide) groups is 1. The summed E-state index contributed by atoms with van der Waals surface area (Å²) in [7, 11) is 0. The quantitative estimate of drug-likeness (QED) is 0.842. The van der Waals surface area contributed by atoms with E-state index in [1.165, 1.54) is 75.4 Å². The van der Waals surface area contributed by atoms with Crippen LogP contribution in [-0.4, -0.2) is 46.5 Å². The second-order valence-electron chi connectivity index (χ2n) is 6.86. The Labute approximate surface area is 120 Å². The molecule has 2 saturated carbocycles. The molecule has 0 bridgehead atoms. The molecular formula is C15H25N3S. The molecule has 4 fully saturated rings. The molecule has 1 unspecified atom stereocenters. The predicted molar refractivity (Wildman–Crippen MR) is 81.8 cm³/mol. The molecule has 19 heavy (non-hydrogen) atoms. The summed E-state index contributed by atoms with van der Waals surface area (Å²) in [4.78, 5) is 7.67. The maximum atomic E-state index is 5.01. The van der Waals surface area contributed by atoms with Crippen LogP contribution in [0.3, 0.4) is 0 Å². The first-order valence-electron chi connectivity index (χ1n) is 8.06. The van der Waals surface area contributed by atoms with Crippen LogP contribution in [0.15, 0.2) is 4.99 Å². The fourth-order valence-corrected chi connectivity index (χ4v) is 5.17. The van der Waals surface area contributed by atoms with Gasteiger partial charge in [0.05, 0.1) is 6.04 Å². The van der Waals surface area contributed by atoms with Crippen LogP contribution in [0.25, 0.3) is 0 Å². The molecule has 2 heterocycles. The molecule has 3 nitrogen and oxygen atoms in total. The van der Waals surface area contributed by atoms with Crippen molar-refractivity contribution in [2.24, 2.45) is 4.99 Å². The van der Waals surface area contributed by atoms with Crippen molar-refractivity contribution in [2.75, 3.05) is 18.8 Å². The highest BCUT2D eigenvalue weighted by molar-refractivity contribution is 8.14. The third-order valence-electron chi connectivity index (χ3n) is 5.23. The van der Waals surface area contributed by atoms with Gasteiger partial charge in [-0.25, -0.2) is 0 Å². The monoisotopic (exact) mass is 279 g/mol. The van der Waals surface area contributed by atoms with Gasteiger partial charge in [0.1, 0.15) is 0 Å². The summed E-state index contributed by atoms with van der Waals surface area (Å²) < 4.78 is 0. The number of amidine groups is 1. The van der Waals surface area contributed by atoms with Gasteiger partial charge in [-0.1, -0.05) is 31.0 Å². The lowest BCUT2D eigenvalue weighted by molar-refractivity contribution is 0.303. The summed E-state index contributed by atoms with van der Waals surface area (Å²) in [5.41, 5.74) is 0.413. The molecule has 0 aromatic carbocycles. The first-order valence-corrected chi connectivity index (χ1v) is 9.04. The topological polar surface area (TPSA) is 27.6 Å². The molecule has 2 aliphatic heterocycles. The van der Waals surface area contributed by atoms with Gasteiger partial charge in [0.15, 0.2) is 5.17 Å². The largest absolute Gasteiger partial charge is 0.359 e. The number of rotatable bonds is 2. The summed E-state index contributed by atoms with van der Waals surface area (Å²) in [5.74, 6) is 1.25. The van der Waals surface area contributed by atoms with Crippen molar-refractivity contribution in [3.63, 3.8) is 0 Å². The van der Waals surface area contributed by atoms with E-state index in [0.717, 1.165) is 6.04 Å². The first kappa shape index (κ1) is 12.5. The van der Waals surface area contributed by atoms with E-state index in [-0.39, 0.29) is 0 Å². The van der Waals surface area contributed by atoms with Crippen molar-refractivity contribution in [3.8, 4) is 0 Å². The van der Waals surface area contributed by atoms with Gasteiger partial charge in [0.25, 0.3) is 0 Å². The summed E-state index contributed by atoms with van der Waals surface area (Å²) in [6.45, 7) is 2.49. The predicted octanol–water partition coefficient (Wildman–Crippen LogP) is 2.62. The molecule has 2 saturated heterocycles. The summed E-state index contributed by atoms with van der Waals surface area (Å²) >= 11 is 1.98. The van der Waals surface area contributed by atoms with Crippen LogP contribution in [0, 0.1) is 0 Å². The third-order valence-corrected chi connectivity index (χ3v) is 6.40. The molecule has 4 heteroatoms. The van der Waals surface area contributed by atoms with Gasteiger partial charge < -0.3 is 5.32 Å². The molecule has 1 N–H and O–H groups in total. The van der Waals surface area contributed by atoms with E-state index >= 15 is 0 Å². The van der Waals surface area contributed by atoms with Crippen LogP contribution in [-0.2, 0) is 0 Å². The van der Waals surface area contributed by atoms with Crippen LogP contribution >= 0.6 is 11.8 Å². The highest BCUT2D eigenvalue weighted by Gasteiger charge is 2.39. The molecule has 2 aliphatic carbocycles. The summed E-state index contributed by atoms with van der Waals surface area (Å²) in [6, 6.07) is 1.48. The Bertz CT molecular complexity index is 372. The van der Waals surface area contributed by atoms with E-state index < -0.39 is 0 Å². The lowest BCUT2D eigenvalue weighted by Gasteiger charge is -2.32. The van der Waals surface area contributed by atoms with Crippen LogP contribution in [0.5, 0.6) is 0 Å². The van der Waals surface area contributed by atoms with Crippen LogP contribution < -0.4 is 5.32 Å². The van der Waals surface area contributed by atoms with Crippen LogP contribution in [0.4, 0.5) is 0 Å². The Morgan fingerprint density at radius 1 is 1.16 bits per heavy atom. The standard InChI is InChI=1S/C15H25N3S/c1-2-7-15(8-3-1)11-19-14(17-15)16-12-6-9-18(10-12)13-4-5-13/h12-13H,1-11H2,(H,16,17). The molecule has 1 spiro atoms. The van der Waals surface area contributed by atoms with Gasteiger partial charge in [0, 0.05) is 30.4 Å². The van der Waals surface area contributed by atoms with Crippen molar-refractivity contribution in [1.82, 2.24) is 10.2 Å². The van der Waals surface area contributed by atoms with E-state index in [1.807, 2.05) is 11.8 Å². The third kappa shape index (κ3) is 2.66. The minimum atomic E-state index is 0.413. The number of nitrogens with one attached hydrogen (secondary N) is 1. The van der Waals surface area contributed by atoms with E-state index in [9.17, 15) is 0 Å². The molecule has 0 radical (unpaired) electrons. The second-order valence-corrected chi connectivity index (χ2v) is 7.82. The summed E-state index contributed by atoms with van der Waals surface area (Å²) in [5, 5.41) is 5.04. The lowest BCUT2D eigenvalue weighted by Crippen LogP contribution is -2.45. The lowest BCUT2D eigenvalue weighted by atomic mass is 9.83. The SMILES string of the molecule is C1CCC2(CC1)CSC(=NC1CCN(C3CC3)C1)N2. The van der Waals surface area contributed by atoms with E-state index in [2.05, 4.69) is 10.2 Å². The van der Waals surface area contributed by atoms with Crippen LogP contribution in [0.1, 0.15) is 51.4 Å². The van der Waals surface area contributed by atoms with Gasteiger partial charge in [0.2, 0.25) is 0 Å². The Balaban J connectivity index is 1.36. The minimum Gasteiger partial charge on any atom is -0.359 e. The highest BCUT2D eigenvalue weighted by atomic mass is 32.2. The molecule has 106 valence electrons. The van der Waals surface area contributed by atoms with Crippen molar-refractivity contribution < 1.29 is 0 Å². The van der Waals surface area contributed by atoms with E-state index in [0.29, 0.717) is 11.6 Å². The Kier molecular flexibility index (Phi) is 3.27. The molecule has 4 aliphatic rings. The van der Waals surface area contributed by atoms with Crippen molar-refractivity contribution in [3.05, 3.63) is 0 Å². The zero-order valence-electron chi connectivity index (χ0n) is 11.7. The first-order chi connectivity index (χ1) is 9.33. The normalized spacial score (nSPS) is 37.1. The number of aliphatic imine (C=N–C) groups is 1. The van der Waals surface area contributed by atoms with Crippen molar-refractivity contribution in [1.29, 1.82) is 0 Å². The molecule has 0 aromatic rings. The van der Waals surface area contributed by atoms with Crippen molar-refractivity contribution in [2.45, 2.75) is 69.0 Å². The average Bonchev–Trinajstić information content (AvgIpc) is 3.07. The Morgan fingerprint density at radius 3 is 2.79 bits per heavy atom. The minimum absolute atomic E-state index is 0.413. The Morgan fingerprint density at radius 2 is 2.00 bits per heavy atom. The smallest absolute Gasteiger partial charge is 0.157 e. The van der Waals surface area contributed by atoms with E-state index in [1.54, 1.807) is 0 Å². The van der Waals surface area contributed by atoms with Gasteiger partial charge in [-0.05, 0) is 32.1 Å². The maximum Gasteiger partial charge on any atom is 0.157 e. The zero-order valence-corrected chi connectivity index (χ0v) is 12.6. The van der Waals surface area contributed by atoms with Gasteiger partial charge in [-0.15, -0.1) is 0 Å². The Hall–Kier alpha value is -0.220. The second kappa shape index (κ2) is 4.96. The molecule has 4 rings (SSSR count). The average molecular weight is 279 g/mol. The van der Waals surface area contributed by atoms with Crippen molar-refractivity contribution >= 4 is 16.9 Å². The van der Waals surface area contributed by atoms with Gasteiger partial charge in [-0.3, -0.25) is 9.89 Å². The van der Waals surface area contributed by atoms with E-state index in [4.69, 9.17) is 4.99 Å². The molecular weight excluding hydrogens is 254 g/mol. The fourth-order valence-electron chi connectivity index (χ4n) is 3.88. The zero-order chi connectivity index (χ0) is 12.7. The van der Waals surface area contributed by atoms with Gasteiger partial charge >= 0.3 is 0 Å². The summed E-state index contributed by atoms with van der Waals surface area (Å²) in [6.07, 6.45) is 11.1. The fraction of sp³-hybridized carbons (Fsp3) is 0.933. The maximum absolute atomic E-state index is 5.01. The van der Waals surface area contributed by atoms with Crippen LogP contribution in [0.2, 0.25) is 0 Å². The van der Waals surface area contributed by atoms with Gasteiger partial charge in [-0.2, -0.15) is 0 Å². The number of hydrogen-bond donors (Lipinski definition) is 1. The molecule has 1 atom stereocenters.